The van der Waals surface area contributed by atoms with Crippen LogP contribution in [0.2, 0.25) is 0 Å². The van der Waals surface area contributed by atoms with Gasteiger partial charge in [-0.25, -0.2) is 0 Å². The zero-order valence-corrected chi connectivity index (χ0v) is 12.5. The third kappa shape index (κ3) is 3.63. The van der Waals surface area contributed by atoms with Crippen molar-refractivity contribution in [3.8, 4) is 5.75 Å². The molecule has 0 aliphatic carbocycles. The molecule has 2 rings (SSSR count). The molecule has 1 aromatic rings. The maximum atomic E-state index is 5.98. The molecule has 0 saturated heterocycles. The summed E-state index contributed by atoms with van der Waals surface area (Å²) in [6.07, 6.45) is 0.206. The van der Waals surface area contributed by atoms with Gasteiger partial charge in [0.05, 0.1) is 12.2 Å². The molecule has 0 aromatic heterocycles. The fourth-order valence-corrected chi connectivity index (χ4v) is 2.03. The third-order valence-corrected chi connectivity index (χ3v) is 4.22. The third-order valence-electron chi connectivity index (χ3n) is 4.22. The standard InChI is InChI=1S/C16H26N2O/c1-12(2)16(3,4)11-17-9-13-10-18-14-7-5-6-8-15(14)19-13/h5-8,12-13,17-18H,9-11H2,1-4H3. The SMILES string of the molecule is CC(C)C(C)(C)CNCC1CNc2ccccc2O1. The Kier molecular flexibility index (Phi) is 4.35. The van der Waals surface area contributed by atoms with Gasteiger partial charge in [-0.1, -0.05) is 39.8 Å². The van der Waals surface area contributed by atoms with Crippen molar-refractivity contribution in [2.45, 2.75) is 33.8 Å². The fourth-order valence-electron chi connectivity index (χ4n) is 2.03. The van der Waals surface area contributed by atoms with E-state index in [-0.39, 0.29) is 6.10 Å². The van der Waals surface area contributed by atoms with Crippen LogP contribution in [0.15, 0.2) is 24.3 Å². The molecule has 0 fully saturated rings. The summed E-state index contributed by atoms with van der Waals surface area (Å²) < 4.78 is 5.98. The second-order valence-electron chi connectivity index (χ2n) is 6.39. The van der Waals surface area contributed by atoms with Crippen LogP contribution >= 0.6 is 0 Å². The van der Waals surface area contributed by atoms with E-state index in [2.05, 4.69) is 44.4 Å². The maximum absolute atomic E-state index is 5.98. The van der Waals surface area contributed by atoms with Gasteiger partial charge in [0, 0.05) is 13.1 Å². The summed E-state index contributed by atoms with van der Waals surface area (Å²) in [6, 6.07) is 8.12. The number of nitrogens with one attached hydrogen (secondary N) is 2. The summed E-state index contributed by atoms with van der Waals surface area (Å²) in [7, 11) is 0. The van der Waals surface area contributed by atoms with Gasteiger partial charge in [0.2, 0.25) is 0 Å². The van der Waals surface area contributed by atoms with Gasteiger partial charge in [0.25, 0.3) is 0 Å². The van der Waals surface area contributed by atoms with Crippen LogP contribution in [0.3, 0.4) is 0 Å². The second-order valence-corrected chi connectivity index (χ2v) is 6.39. The Bertz CT molecular complexity index is 415. The van der Waals surface area contributed by atoms with Crippen molar-refractivity contribution in [3.63, 3.8) is 0 Å². The number of para-hydroxylation sites is 2. The highest BCUT2D eigenvalue weighted by molar-refractivity contribution is 5.57. The lowest BCUT2D eigenvalue weighted by Gasteiger charge is -2.32. The van der Waals surface area contributed by atoms with Crippen LogP contribution in [0.5, 0.6) is 5.75 Å². The van der Waals surface area contributed by atoms with Crippen molar-refractivity contribution in [1.82, 2.24) is 5.32 Å². The number of benzene rings is 1. The Morgan fingerprint density at radius 2 is 2.11 bits per heavy atom. The second kappa shape index (κ2) is 5.83. The minimum atomic E-state index is 0.206. The summed E-state index contributed by atoms with van der Waals surface area (Å²) in [5, 5.41) is 6.96. The molecule has 2 N–H and O–H groups in total. The zero-order valence-electron chi connectivity index (χ0n) is 12.5. The van der Waals surface area contributed by atoms with Gasteiger partial charge in [-0.15, -0.1) is 0 Å². The molecule has 3 nitrogen and oxygen atoms in total. The van der Waals surface area contributed by atoms with Crippen LogP contribution in [0, 0.1) is 11.3 Å². The predicted molar refractivity (Wildman–Crippen MR) is 80.8 cm³/mol. The summed E-state index contributed by atoms with van der Waals surface area (Å²) in [6.45, 7) is 11.9. The van der Waals surface area contributed by atoms with Crippen molar-refractivity contribution < 1.29 is 4.74 Å². The fraction of sp³-hybridized carbons (Fsp3) is 0.625. The van der Waals surface area contributed by atoms with Crippen LogP contribution in [-0.2, 0) is 0 Å². The minimum absolute atomic E-state index is 0.206. The minimum Gasteiger partial charge on any atom is -0.485 e. The molecule has 0 amide bonds. The molecule has 1 aliphatic heterocycles. The van der Waals surface area contributed by atoms with Gasteiger partial charge in [0.15, 0.2) is 0 Å². The highest BCUT2D eigenvalue weighted by Gasteiger charge is 2.23. The number of hydrogen-bond donors (Lipinski definition) is 2. The van der Waals surface area contributed by atoms with Gasteiger partial charge >= 0.3 is 0 Å². The molecule has 0 saturated carbocycles. The number of fused-ring (bicyclic) bond motifs is 1. The van der Waals surface area contributed by atoms with Crippen LogP contribution in [0.1, 0.15) is 27.7 Å². The highest BCUT2D eigenvalue weighted by atomic mass is 16.5. The molecule has 1 unspecified atom stereocenters. The smallest absolute Gasteiger partial charge is 0.142 e. The Labute approximate surface area is 116 Å². The Morgan fingerprint density at radius 3 is 2.84 bits per heavy atom. The lowest BCUT2D eigenvalue weighted by Crippen LogP contribution is -2.43. The van der Waals surface area contributed by atoms with Crippen molar-refractivity contribution >= 4 is 5.69 Å². The number of rotatable bonds is 5. The van der Waals surface area contributed by atoms with Crippen LogP contribution in [0.4, 0.5) is 5.69 Å². The summed E-state index contributed by atoms with van der Waals surface area (Å²) >= 11 is 0. The lowest BCUT2D eigenvalue weighted by molar-refractivity contribution is 0.182. The van der Waals surface area contributed by atoms with E-state index in [1.165, 1.54) is 0 Å². The lowest BCUT2D eigenvalue weighted by atomic mass is 9.81. The van der Waals surface area contributed by atoms with E-state index in [0.29, 0.717) is 11.3 Å². The molecule has 1 atom stereocenters. The molecule has 19 heavy (non-hydrogen) atoms. The van der Waals surface area contributed by atoms with E-state index in [1.54, 1.807) is 0 Å². The van der Waals surface area contributed by atoms with E-state index >= 15 is 0 Å². The predicted octanol–water partition coefficient (Wildman–Crippen LogP) is 3.13. The molecule has 0 bridgehead atoms. The van der Waals surface area contributed by atoms with Gasteiger partial charge in [-0.05, 0) is 23.5 Å². The van der Waals surface area contributed by atoms with E-state index in [0.717, 1.165) is 31.1 Å². The maximum Gasteiger partial charge on any atom is 0.142 e. The van der Waals surface area contributed by atoms with Gasteiger partial charge in [-0.2, -0.15) is 0 Å². The highest BCUT2D eigenvalue weighted by Crippen LogP contribution is 2.28. The van der Waals surface area contributed by atoms with Gasteiger partial charge in [-0.3, -0.25) is 0 Å². The van der Waals surface area contributed by atoms with Crippen molar-refractivity contribution in [1.29, 1.82) is 0 Å². The topological polar surface area (TPSA) is 33.3 Å². The molecule has 0 spiro atoms. The van der Waals surface area contributed by atoms with E-state index in [9.17, 15) is 0 Å². The van der Waals surface area contributed by atoms with Gasteiger partial charge < -0.3 is 15.4 Å². The van der Waals surface area contributed by atoms with Crippen LogP contribution in [0.25, 0.3) is 0 Å². The first-order chi connectivity index (χ1) is 8.99. The van der Waals surface area contributed by atoms with E-state index < -0.39 is 0 Å². The first-order valence-electron chi connectivity index (χ1n) is 7.19. The van der Waals surface area contributed by atoms with Crippen molar-refractivity contribution in [3.05, 3.63) is 24.3 Å². The Morgan fingerprint density at radius 1 is 1.37 bits per heavy atom. The van der Waals surface area contributed by atoms with E-state index in [4.69, 9.17) is 4.74 Å². The number of anilines is 1. The van der Waals surface area contributed by atoms with Crippen LogP contribution in [-0.4, -0.2) is 25.7 Å². The van der Waals surface area contributed by atoms with Crippen molar-refractivity contribution in [2.24, 2.45) is 11.3 Å². The number of ether oxygens (including phenoxy) is 1. The summed E-state index contributed by atoms with van der Waals surface area (Å²) in [5.41, 5.74) is 1.42. The van der Waals surface area contributed by atoms with Gasteiger partial charge in [0.1, 0.15) is 11.9 Å². The molecule has 1 aliphatic rings. The molecule has 106 valence electrons. The molecule has 1 aromatic carbocycles. The molecule has 0 radical (unpaired) electrons. The largest absolute Gasteiger partial charge is 0.485 e. The molecular weight excluding hydrogens is 236 g/mol. The molecule has 1 heterocycles. The van der Waals surface area contributed by atoms with E-state index in [1.807, 2.05) is 18.2 Å². The summed E-state index contributed by atoms with van der Waals surface area (Å²) in [5.74, 6) is 1.63. The average molecular weight is 262 g/mol. The first kappa shape index (κ1) is 14.2. The Hall–Kier alpha value is -1.22. The molecular formula is C16H26N2O. The monoisotopic (exact) mass is 262 g/mol. The Balaban J connectivity index is 1.80. The summed E-state index contributed by atoms with van der Waals surface area (Å²) in [4.78, 5) is 0. The zero-order chi connectivity index (χ0) is 13.9. The van der Waals surface area contributed by atoms with Crippen LogP contribution < -0.4 is 15.4 Å². The van der Waals surface area contributed by atoms with Crippen molar-refractivity contribution in [2.75, 3.05) is 25.0 Å². The normalized spacial score (nSPS) is 18.7. The first-order valence-corrected chi connectivity index (χ1v) is 7.19. The number of hydrogen-bond acceptors (Lipinski definition) is 3. The molecule has 3 heteroatoms. The quantitative estimate of drug-likeness (QED) is 0.855. The average Bonchev–Trinajstić information content (AvgIpc) is 2.38.